The van der Waals surface area contributed by atoms with Gasteiger partial charge in [0.1, 0.15) is 7.74 Å². The summed E-state index contributed by atoms with van der Waals surface area (Å²) in [5.41, 5.74) is 0. The van der Waals surface area contributed by atoms with Crippen LogP contribution >= 0.6 is 28.7 Å². The van der Waals surface area contributed by atoms with Crippen LogP contribution < -0.4 is 0 Å². The van der Waals surface area contributed by atoms with E-state index in [1.165, 1.54) is 0 Å². The van der Waals surface area contributed by atoms with Crippen LogP contribution in [0.3, 0.4) is 0 Å². The summed E-state index contributed by atoms with van der Waals surface area (Å²) in [6, 6.07) is 0. The third-order valence-electron chi connectivity index (χ3n) is 2.26. The summed E-state index contributed by atoms with van der Waals surface area (Å²) < 4.78 is 0. The molecule has 0 aromatic rings. The Kier molecular flexibility index (Phi) is 3.71. The number of rotatable bonds is 1. The van der Waals surface area contributed by atoms with Gasteiger partial charge in [0, 0.05) is 0 Å². The highest BCUT2D eigenvalue weighted by Gasteiger charge is 2.41. The van der Waals surface area contributed by atoms with Gasteiger partial charge in [0.25, 0.3) is 0 Å². The maximum atomic E-state index is 5.95. The normalized spacial score (nSPS) is 14.4. The topological polar surface area (TPSA) is 0 Å². The van der Waals surface area contributed by atoms with E-state index in [-0.39, 0.29) is 0 Å². The van der Waals surface area contributed by atoms with Gasteiger partial charge in [-0.05, 0) is 5.04 Å². The van der Waals surface area contributed by atoms with Crippen LogP contribution in [0.25, 0.3) is 0 Å². The summed E-state index contributed by atoms with van der Waals surface area (Å²) in [5, 5.41) is 0.322. The molecule has 0 fully saturated rings. The van der Waals surface area contributed by atoms with Crippen LogP contribution in [0.1, 0.15) is 20.8 Å². The zero-order valence-corrected chi connectivity index (χ0v) is 10.6. The van der Waals surface area contributed by atoms with Crippen LogP contribution in [0, 0.1) is 0 Å². The molecule has 0 rings (SSSR count). The van der Waals surface area contributed by atoms with E-state index >= 15 is 0 Å². The van der Waals surface area contributed by atoms with Gasteiger partial charge in [-0.3, -0.25) is 0 Å². The Bertz CT molecular complexity index is 117. The van der Waals surface area contributed by atoms with Crippen molar-refractivity contribution in [2.75, 3.05) is 0 Å². The van der Waals surface area contributed by atoms with Gasteiger partial charge in [-0.1, -0.05) is 56.3 Å². The highest BCUT2D eigenvalue weighted by Crippen LogP contribution is 2.63. The lowest BCUT2D eigenvalue weighted by Crippen LogP contribution is -2.32. The Labute approximate surface area is 75.5 Å². The molecule has 0 saturated heterocycles. The summed E-state index contributed by atoms with van der Waals surface area (Å²) in [6.45, 7) is 11.2. The summed E-state index contributed by atoms with van der Waals surface area (Å²) in [7, 11) is -1.39. The zero-order chi connectivity index (χ0) is 8.58. The van der Waals surface area contributed by atoms with Crippen LogP contribution in [0.5, 0.6) is 0 Å². The Hall–Kier alpha value is 1.23. The van der Waals surface area contributed by atoms with Gasteiger partial charge >= 0.3 is 0 Å². The molecular weight excluding hydrogens is 202 g/mol. The molecule has 10 heavy (non-hydrogen) atoms. The van der Waals surface area contributed by atoms with Gasteiger partial charge in [0.2, 0.25) is 0 Å². The fraction of sp³-hybridized carbons (Fsp3) is 1.00. The SMILES string of the molecule is CC(C)(C)[Si](C)(C)P(Cl)Cl. The second-order valence-electron chi connectivity index (χ2n) is 4.04. The minimum absolute atomic E-state index is 0.322. The molecule has 0 aromatic heterocycles. The molecule has 0 heterocycles. The highest BCUT2D eigenvalue weighted by molar-refractivity contribution is 8.26. The van der Waals surface area contributed by atoms with Crippen molar-refractivity contribution in [2.45, 2.75) is 38.9 Å². The minimum Gasteiger partial charge on any atom is -0.0835 e. The Morgan fingerprint density at radius 2 is 1.40 bits per heavy atom. The molecule has 0 aromatic carbocycles. The average molecular weight is 217 g/mol. The molecule has 0 unspecified atom stereocenters. The molecular formula is C6H15Cl2PSi. The zero-order valence-electron chi connectivity index (χ0n) is 7.20. The maximum absolute atomic E-state index is 5.95. The first-order valence-electron chi connectivity index (χ1n) is 3.31. The van der Waals surface area contributed by atoms with Gasteiger partial charge in [0.15, 0.2) is 0 Å². The van der Waals surface area contributed by atoms with Crippen molar-refractivity contribution in [2.24, 2.45) is 0 Å². The van der Waals surface area contributed by atoms with Crippen LogP contribution in [0.4, 0.5) is 0 Å². The molecule has 0 atom stereocenters. The Morgan fingerprint density at radius 1 is 1.10 bits per heavy atom. The van der Waals surface area contributed by atoms with E-state index in [0.29, 0.717) is 5.04 Å². The van der Waals surface area contributed by atoms with E-state index < -0.39 is 13.9 Å². The molecule has 0 aliphatic heterocycles. The molecule has 0 spiro atoms. The monoisotopic (exact) mass is 216 g/mol. The van der Waals surface area contributed by atoms with Gasteiger partial charge in [-0.25, -0.2) is 0 Å². The molecule has 0 amide bonds. The van der Waals surface area contributed by atoms with Crippen molar-refractivity contribution in [3.8, 4) is 0 Å². The molecule has 0 N–H and O–H groups in total. The lowest BCUT2D eigenvalue weighted by atomic mass is 10.2. The Balaban J connectivity index is 4.40. The standard InChI is InChI=1S/C6H15Cl2PSi/c1-6(2,3)10(4,5)9(7)8/h1-5H3. The summed E-state index contributed by atoms with van der Waals surface area (Å²) in [4.78, 5) is 0. The van der Waals surface area contributed by atoms with Crippen molar-refractivity contribution in [1.29, 1.82) is 0 Å². The minimum atomic E-state index is -1.39. The van der Waals surface area contributed by atoms with E-state index in [2.05, 4.69) is 33.9 Å². The largest absolute Gasteiger partial charge is 0.118 e. The van der Waals surface area contributed by atoms with Gasteiger partial charge in [-0.2, -0.15) is 0 Å². The molecule has 0 saturated carbocycles. The van der Waals surface area contributed by atoms with Crippen molar-refractivity contribution in [3.63, 3.8) is 0 Å². The van der Waals surface area contributed by atoms with Crippen LogP contribution in [0.2, 0.25) is 18.1 Å². The number of hydrogen-bond donors (Lipinski definition) is 0. The predicted molar refractivity (Wildman–Crippen MR) is 55.8 cm³/mol. The predicted octanol–water partition coefficient (Wildman–Crippen LogP) is 4.78. The molecule has 62 valence electrons. The second kappa shape index (κ2) is 3.31. The first kappa shape index (κ1) is 11.2. The molecule has 0 aliphatic carbocycles. The van der Waals surface area contributed by atoms with E-state index in [4.69, 9.17) is 22.5 Å². The lowest BCUT2D eigenvalue weighted by Gasteiger charge is -2.36. The van der Waals surface area contributed by atoms with Gasteiger partial charge in [0.05, 0.1) is 6.17 Å². The average Bonchev–Trinajstić information content (AvgIpc) is 1.62. The second-order valence-corrected chi connectivity index (χ2v) is 18.1. The first-order chi connectivity index (χ1) is 4.19. The van der Waals surface area contributed by atoms with Crippen molar-refractivity contribution >= 4 is 36.4 Å². The van der Waals surface area contributed by atoms with Crippen molar-refractivity contribution in [1.82, 2.24) is 0 Å². The summed E-state index contributed by atoms with van der Waals surface area (Å²) in [5.74, 6) is 0. The van der Waals surface area contributed by atoms with Gasteiger partial charge in [-0.15, -0.1) is 0 Å². The summed E-state index contributed by atoms with van der Waals surface area (Å²) in [6.07, 6.45) is -0.748. The highest BCUT2D eigenvalue weighted by atomic mass is 35.9. The fourth-order valence-corrected chi connectivity index (χ4v) is 6.85. The van der Waals surface area contributed by atoms with Crippen LogP contribution in [-0.2, 0) is 0 Å². The van der Waals surface area contributed by atoms with E-state index in [0.717, 1.165) is 0 Å². The van der Waals surface area contributed by atoms with Crippen LogP contribution in [-0.4, -0.2) is 7.74 Å². The van der Waals surface area contributed by atoms with E-state index in [9.17, 15) is 0 Å². The van der Waals surface area contributed by atoms with Crippen molar-refractivity contribution < 1.29 is 0 Å². The molecule has 0 bridgehead atoms. The quantitative estimate of drug-likeness (QED) is 0.438. The van der Waals surface area contributed by atoms with Crippen LogP contribution in [0.15, 0.2) is 0 Å². The summed E-state index contributed by atoms with van der Waals surface area (Å²) >= 11 is 11.9. The molecule has 4 heteroatoms. The maximum Gasteiger partial charge on any atom is 0.118 e. The van der Waals surface area contributed by atoms with Gasteiger partial charge < -0.3 is 0 Å². The Morgan fingerprint density at radius 3 is 1.40 bits per heavy atom. The number of hydrogen-bond acceptors (Lipinski definition) is 0. The third kappa shape index (κ3) is 2.37. The fourth-order valence-electron chi connectivity index (χ4n) is 0.254. The molecule has 0 nitrogen and oxygen atoms in total. The lowest BCUT2D eigenvalue weighted by molar-refractivity contribution is 0.736. The van der Waals surface area contributed by atoms with E-state index in [1.807, 2.05) is 0 Å². The van der Waals surface area contributed by atoms with Crippen molar-refractivity contribution in [3.05, 3.63) is 0 Å². The van der Waals surface area contributed by atoms with E-state index in [1.54, 1.807) is 0 Å². The smallest absolute Gasteiger partial charge is 0.0835 e. The molecule has 0 radical (unpaired) electrons. The first-order valence-corrected chi connectivity index (χ1v) is 10.3. The number of halogens is 2. The third-order valence-corrected chi connectivity index (χ3v) is 18.9. The molecule has 0 aliphatic rings.